The van der Waals surface area contributed by atoms with Crippen molar-refractivity contribution in [2.24, 2.45) is 0 Å². The van der Waals surface area contributed by atoms with E-state index in [1.807, 2.05) is 11.8 Å². The van der Waals surface area contributed by atoms with E-state index in [4.69, 9.17) is 4.74 Å². The van der Waals surface area contributed by atoms with Crippen molar-refractivity contribution in [1.29, 1.82) is 0 Å². The van der Waals surface area contributed by atoms with Gasteiger partial charge in [0.25, 0.3) is 5.91 Å². The standard InChI is InChI=1S/C17H27N5O2/c1-2-18-17-19-11-14(12-20-17)16(23)22-6-4-3-5-15(22)13-21-7-9-24-10-8-21/h11-12,15H,2-10,13H2,1H3,(H,18,19,20). The molecule has 7 heteroatoms. The van der Waals surface area contributed by atoms with Crippen LogP contribution in [0.4, 0.5) is 5.95 Å². The van der Waals surface area contributed by atoms with E-state index in [-0.39, 0.29) is 11.9 Å². The normalized spacial score (nSPS) is 22.4. The number of carbonyl (C=O) groups is 1. The van der Waals surface area contributed by atoms with E-state index in [0.29, 0.717) is 11.5 Å². The van der Waals surface area contributed by atoms with Crippen LogP contribution < -0.4 is 5.32 Å². The van der Waals surface area contributed by atoms with Crippen molar-refractivity contribution in [3.8, 4) is 0 Å². The lowest BCUT2D eigenvalue weighted by atomic mass is 10.0. The summed E-state index contributed by atoms with van der Waals surface area (Å²) < 4.78 is 5.42. The lowest BCUT2D eigenvalue weighted by Crippen LogP contribution is -2.51. The van der Waals surface area contributed by atoms with Crippen molar-refractivity contribution in [3.63, 3.8) is 0 Å². The maximum Gasteiger partial charge on any atom is 0.257 e. The molecule has 1 amide bonds. The number of anilines is 1. The van der Waals surface area contributed by atoms with Crippen LogP contribution in [0.2, 0.25) is 0 Å². The molecule has 3 rings (SSSR count). The lowest BCUT2D eigenvalue weighted by Gasteiger charge is -2.39. The highest BCUT2D eigenvalue weighted by Gasteiger charge is 2.29. The Kier molecular flexibility index (Phi) is 5.98. The summed E-state index contributed by atoms with van der Waals surface area (Å²) in [6.07, 6.45) is 6.59. The Labute approximate surface area is 143 Å². The summed E-state index contributed by atoms with van der Waals surface area (Å²) in [5.74, 6) is 0.619. The fourth-order valence-corrected chi connectivity index (χ4v) is 3.39. The Morgan fingerprint density at radius 1 is 1.25 bits per heavy atom. The molecular weight excluding hydrogens is 306 g/mol. The maximum atomic E-state index is 12.9. The minimum atomic E-state index is 0.0519. The van der Waals surface area contributed by atoms with Crippen LogP contribution in [0.3, 0.4) is 0 Å². The molecule has 1 aromatic heterocycles. The van der Waals surface area contributed by atoms with Crippen LogP contribution in [0.25, 0.3) is 0 Å². The van der Waals surface area contributed by atoms with Gasteiger partial charge in [0.1, 0.15) is 0 Å². The van der Waals surface area contributed by atoms with Crippen LogP contribution in [-0.2, 0) is 4.74 Å². The van der Waals surface area contributed by atoms with Crippen LogP contribution in [0.15, 0.2) is 12.4 Å². The molecule has 0 radical (unpaired) electrons. The summed E-state index contributed by atoms with van der Waals surface area (Å²) in [5.41, 5.74) is 0.575. The summed E-state index contributed by atoms with van der Waals surface area (Å²) in [7, 11) is 0. The quantitative estimate of drug-likeness (QED) is 0.874. The van der Waals surface area contributed by atoms with Gasteiger partial charge in [0, 0.05) is 51.2 Å². The summed E-state index contributed by atoms with van der Waals surface area (Å²) in [5, 5.41) is 3.05. The average molecular weight is 333 g/mol. The Balaban J connectivity index is 1.65. The number of nitrogens with one attached hydrogen (secondary N) is 1. The Morgan fingerprint density at radius 2 is 2.00 bits per heavy atom. The predicted octanol–water partition coefficient (Wildman–Crippen LogP) is 1.24. The summed E-state index contributed by atoms with van der Waals surface area (Å²) in [6, 6.07) is 0.276. The van der Waals surface area contributed by atoms with Crippen LogP contribution in [0.1, 0.15) is 36.5 Å². The second-order valence-corrected chi connectivity index (χ2v) is 6.39. The molecule has 0 aliphatic carbocycles. The number of amides is 1. The smallest absolute Gasteiger partial charge is 0.257 e. The molecule has 3 heterocycles. The Morgan fingerprint density at radius 3 is 2.71 bits per heavy atom. The van der Waals surface area contributed by atoms with Gasteiger partial charge in [-0.15, -0.1) is 0 Å². The largest absolute Gasteiger partial charge is 0.379 e. The zero-order valence-electron chi connectivity index (χ0n) is 14.4. The van der Waals surface area contributed by atoms with Gasteiger partial charge in [-0.1, -0.05) is 0 Å². The summed E-state index contributed by atoms with van der Waals surface area (Å²) in [6.45, 7) is 8.01. The molecule has 7 nitrogen and oxygen atoms in total. The molecule has 2 saturated heterocycles. The van der Waals surface area contributed by atoms with E-state index in [1.54, 1.807) is 12.4 Å². The molecule has 1 atom stereocenters. The van der Waals surface area contributed by atoms with Crippen LogP contribution in [0.5, 0.6) is 0 Å². The fourth-order valence-electron chi connectivity index (χ4n) is 3.39. The zero-order valence-corrected chi connectivity index (χ0v) is 14.4. The molecule has 1 N–H and O–H groups in total. The molecule has 2 fully saturated rings. The monoisotopic (exact) mass is 333 g/mol. The highest BCUT2D eigenvalue weighted by atomic mass is 16.5. The number of aromatic nitrogens is 2. The molecule has 0 aromatic carbocycles. The third kappa shape index (κ3) is 4.21. The van der Waals surface area contributed by atoms with E-state index >= 15 is 0 Å². The maximum absolute atomic E-state index is 12.9. The molecule has 2 aliphatic rings. The summed E-state index contributed by atoms with van der Waals surface area (Å²) >= 11 is 0. The Bertz CT molecular complexity index is 530. The van der Waals surface area contributed by atoms with Crippen molar-refractivity contribution in [1.82, 2.24) is 19.8 Å². The van der Waals surface area contributed by atoms with Gasteiger partial charge in [-0.3, -0.25) is 9.69 Å². The first-order chi connectivity index (χ1) is 11.8. The molecular formula is C17H27N5O2. The lowest BCUT2D eigenvalue weighted by molar-refractivity contribution is 0.0166. The van der Waals surface area contributed by atoms with E-state index in [1.165, 1.54) is 6.42 Å². The molecule has 1 unspecified atom stereocenters. The molecule has 0 saturated carbocycles. The van der Waals surface area contributed by atoms with Crippen LogP contribution in [0, 0.1) is 0 Å². The third-order valence-corrected chi connectivity index (χ3v) is 4.69. The number of ether oxygens (including phenoxy) is 1. The van der Waals surface area contributed by atoms with E-state index in [2.05, 4.69) is 20.2 Å². The third-order valence-electron chi connectivity index (χ3n) is 4.69. The van der Waals surface area contributed by atoms with Crippen LogP contribution >= 0.6 is 0 Å². The Hall–Kier alpha value is -1.73. The minimum absolute atomic E-state index is 0.0519. The number of rotatable bonds is 5. The number of piperidine rings is 1. The van der Waals surface area contributed by atoms with Crippen molar-refractivity contribution in [2.45, 2.75) is 32.2 Å². The van der Waals surface area contributed by atoms with E-state index in [9.17, 15) is 4.79 Å². The van der Waals surface area contributed by atoms with Gasteiger partial charge in [0.2, 0.25) is 5.95 Å². The number of morpholine rings is 1. The van der Waals surface area contributed by atoms with Crippen molar-refractivity contribution in [3.05, 3.63) is 18.0 Å². The number of hydrogen-bond acceptors (Lipinski definition) is 6. The molecule has 2 aliphatic heterocycles. The summed E-state index contributed by atoms with van der Waals surface area (Å²) in [4.78, 5) is 25.8. The van der Waals surface area contributed by atoms with Crippen molar-refractivity contribution in [2.75, 3.05) is 51.3 Å². The molecule has 1 aromatic rings. The predicted molar refractivity (Wildman–Crippen MR) is 92.1 cm³/mol. The van der Waals surface area contributed by atoms with Gasteiger partial charge < -0.3 is 15.0 Å². The highest BCUT2D eigenvalue weighted by Crippen LogP contribution is 2.21. The average Bonchev–Trinajstić information content (AvgIpc) is 2.63. The molecule has 0 spiro atoms. The van der Waals surface area contributed by atoms with Gasteiger partial charge in [-0.25, -0.2) is 9.97 Å². The van der Waals surface area contributed by atoms with Crippen molar-refractivity contribution < 1.29 is 9.53 Å². The number of hydrogen-bond donors (Lipinski definition) is 1. The van der Waals surface area contributed by atoms with E-state index < -0.39 is 0 Å². The number of nitrogens with zero attached hydrogens (tertiary/aromatic N) is 4. The first-order valence-corrected chi connectivity index (χ1v) is 8.95. The first-order valence-electron chi connectivity index (χ1n) is 8.95. The minimum Gasteiger partial charge on any atom is -0.379 e. The number of likely N-dealkylation sites (tertiary alicyclic amines) is 1. The van der Waals surface area contributed by atoms with Gasteiger partial charge in [-0.05, 0) is 26.2 Å². The molecule has 24 heavy (non-hydrogen) atoms. The second-order valence-electron chi connectivity index (χ2n) is 6.39. The second kappa shape index (κ2) is 8.39. The molecule has 0 bridgehead atoms. The van der Waals surface area contributed by atoms with Gasteiger partial charge in [0.05, 0.1) is 18.8 Å². The first kappa shape index (κ1) is 17.1. The van der Waals surface area contributed by atoms with Crippen LogP contribution in [-0.4, -0.2) is 77.7 Å². The molecule has 132 valence electrons. The zero-order chi connectivity index (χ0) is 16.8. The fraction of sp³-hybridized carbons (Fsp3) is 0.706. The van der Waals surface area contributed by atoms with Gasteiger partial charge >= 0.3 is 0 Å². The van der Waals surface area contributed by atoms with Gasteiger partial charge in [0.15, 0.2) is 0 Å². The van der Waals surface area contributed by atoms with Crippen molar-refractivity contribution >= 4 is 11.9 Å². The SMILES string of the molecule is CCNc1ncc(C(=O)N2CCCCC2CN2CCOCC2)cn1. The van der Waals surface area contributed by atoms with E-state index in [0.717, 1.165) is 58.8 Å². The topological polar surface area (TPSA) is 70.6 Å². The number of carbonyl (C=O) groups excluding carboxylic acids is 1. The highest BCUT2D eigenvalue weighted by molar-refractivity contribution is 5.94. The van der Waals surface area contributed by atoms with Gasteiger partial charge in [-0.2, -0.15) is 0 Å².